The van der Waals surface area contributed by atoms with Crippen LogP contribution in [0.3, 0.4) is 0 Å². The molecule has 36 heavy (non-hydrogen) atoms. The Morgan fingerprint density at radius 2 is 1.81 bits per heavy atom. The number of benzene rings is 1. The first-order valence-corrected chi connectivity index (χ1v) is 11.8. The normalized spacial score (nSPS) is 11.2. The van der Waals surface area contributed by atoms with E-state index in [1.165, 1.54) is 0 Å². The van der Waals surface area contributed by atoms with Crippen molar-refractivity contribution in [3.63, 3.8) is 0 Å². The van der Waals surface area contributed by atoms with Crippen LogP contribution in [0.1, 0.15) is 19.8 Å². The zero-order chi connectivity index (χ0) is 24.5. The van der Waals surface area contributed by atoms with Crippen LogP contribution in [0.5, 0.6) is 0 Å². The molecule has 0 amide bonds. The third kappa shape index (κ3) is 3.98. The average Bonchev–Trinajstić information content (AvgIpc) is 3.53. The van der Waals surface area contributed by atoms with Crippen molar-refractivity contribution < 1.29 is 0 Å². The van der Waals surface area contributed by atoms with Crippen LogP contribution in [0, 0.1) is 0 Å². The molecule has 0 aliphatic carbocycles. The molecular formula is C28H24N8. The topological polar surface area (TPSA) is 108 Å². The highest BCUT2D eigenvalue weighted by molar-refractivity contribution is 5.98. The highest BCUT2D eigenvalue weighted by atomic mass is 15.1. The Bertz CT molecular complexity index is 1700. The number of rotatable bonds is 7. The van der Waals surface area contributed by atoms with Gasteiger partial charge in [0.25, 0.3) is 0 Å². The first kappa shape index (κ1) is 21.7. The van der Waals surface area contributed by atoms with Crippen LogP contribution in [0.15, 0.2) is 85.9 Å². The first-order valence-electron chi connectivity index (χ1n) is 11.8. The van der Waals surface area contributed by atoms with Crippen LogP contribution in [-0.2, 0) is 0 Å². The van der Waals surface area contributed by atoms with Crippen molar-refractivity contribution in [3.05, 3.63) is 85.9 Å². The zero-order valence-electron chi connectivity index (χ0n) is 19.8. The molecule has 6 aromatic rings. The molecular weight excluding hydrogens is 448 g/mol. The van der Waals surface area contributed by atoms with E-state index in [4.69, 9.17) is 4.98 Å². The fraction of sp³-hybridized carbons (Fsp3) is 0.107. The molecule has 5 aromatic heterocycles. The highest BCUT2D eigenvalue weighted by Gasteiger charge is 2.16. The molecule has 8 heteroatoms. The second kappa shape index (κ2) is 9.07. The van der Waals surface area contributed by atoms with Crippen LogP contribution < -0.4 is 5.32 Å². The second-order valence-electron chi connectivity index (χ2n) is 8.68. The van der Waals surface area contributed by atoms with Gasteiger partial charge < -0.3 is 10.3 Å². The Balaban J connectivity index is 1.40. The summed E-state index contributed by atoms with van der Waals surface area (Å²) in [7, 11) is 0. The predicted molar refractivity (Wildman–Crippen MR) is 143 cm³/mol. The molecule has 0 aliphatic rings. The van der Waals surface area contributed by atoms with Crippen molar-refractivity contribution >= 4 is 27.6 Å². The zero-order valence-corrected chi connectivity index (χ0v) is 19.8. The number of aromatic nitrogens is 7. The fourth-order valence-corrected chi connectivity index (χ4v) is 4.39. The monoisotopic (exact) mass is 472 g/mol. The number of allylic oxidation sites excluding steroid dienone is 1. The minimum absolute atomic E-state index is 0.677. The Hall–Kier alpha value is -4.85. The Morgan fingerprint density at radius 3 is 2.67 bits per heavy atom. The number of nitrogens with zero attached hydrogens (tertiary/aromatic N) is 5. The molecule has 8 nitrogen and oxygen atoms in total. The standard InChI is InChI=1S/C28H24N8/c1-3-5-17(2)32-21-10-20(13-30-14-21)18-7-8-24-22(11-18)27(36-35-24)28-33-25-16-31-15-23(26(25)34-28)19-6-4-9-29-12-19/h4,6-16,32H,2-3,5H2,1H3,(H,33,34)(H,35,36). The Morgan fingerprint density at radius 1 is 0.917 bits per heavy atom. The minimum atomic E-state index is 0.677. The summed E-state index contributed by atoms with van der Waals surface area (Å²) in [6, 6.07) is 12.2. The first-order chi connectivity index (χ1) is 17.7. The molecule has 0 aliphatic heterocycles. The van der Waals surface area contributed by atoms with Gasteiger partial charge in [-0.15, -0.1) is 0 Å². The largest absolute Gasteiger partial charge is 0.358 e. The lowest BCUT2D eigenvalue weighted by Crippen LogP contribution is -1.98. The Labute approximate surface area is 207 Å². The molecule has 0 saturated heterocycles. The van der Waals surface area contributed by atoms with E-state index in [1.807, 2.05) is 43.0 Å². The number of hydrogen-bond donors (Lipinski definition) is 3. The molecule has 3 N–H and O–H groups in total. The van der Waals surface area contributed by atoms with Gasteiger partial charge in [-0.3, -0.25) is 20.1 Å². The predicted octanol–water partition coefficient (Wildman–Crippen LogP) is 6.35. The molecule has 0 radical (unpaired) electrons. The molecule has 0 saturated carbocycles. The van der Waals surface area contributed by atoms with Gasteiger partial charge in [0.2, 0.25) is 0 Å². The van der Waals surface area contributed by atoms with Crippen molar-refractivity contribution in [1.82, 2.24) is 35.1 Å². The summed E-state index contributed by atoms with van der Waals surface area (Å²) in [5.41, 5.74) is 9.18. The van der Waals surface area contributed by atoms with E-state index in [1.54, 1.807) is 12.4 Å². The number of imidazole rings is 1. The summed E-state index contributed by atoms with van der Waals surface area (Å²) >= 11 is 0. The smallest absolute Gasteiger partial charge is 0.159 e. The minimum Gasteiger partial charge on any atom is -0.358 e. The van der Waals surface area contributed by atoms with E-state index < -0.39 is 0 Å². The van der Waals surface area contributed by atoms with Gasteiger partial charge in [-0.05, 0) is 36.2 Å². The third-order valence-electron chi connectivity index (χ3n) is 6.10. The molecule has 176 valence electrons. The fourth-order valence-electron chi connectivity index (χ4n) is 4.39. The lowest BCUT2D eigenvalue weighted by molar-refractivity contribution is 0.913. The van der Waals surface area contributed by atoms with Crippen LogP contribution in [0.4, 0.5) is 5.69 Å². The van der Waals surface area contributed by atoms with Gasteiger partial charge >= 0.3 is 0 Å². The maximum absolute atomic E-state index is 4.91. The van der Waals surface area contributed by atoms with Gasteiger partial charge in [0.1, 0.15) is 11.2 Å². The number of nitrogens with one attached hydrogen (secondary N) is 3. The molecule has 6 rings (SSSR count). The molecule has 0 fully saturated rings. The number of hydrogen-bond acceptors (Lipinski definition) is 6. The van der Waals surface area contributed by atoms with Crippen molar-refractivity contribution in [3.8, 4) is 33.8 Å². The van der Waals surface area contributed by atoms with Crippen LogP contribution >= 0.6 is 0 Å². The highest BCUT2D eigenvalue weighted by Crippen LogP contribution is 2.33. The molecule has 0 bridgehead atoms. The van der Waals surface area contributed by atoms with E-state index in [0.717, 1.165) is 74.1 Å². The molecule has 0 unspecified atom stereocenters. The van der Waals surface area contributed by atoms with Crippen molar-refractivity contribution in [2.45, 2.75) is 19.8 Å². The van der Waals surface area contributed by atoms with E-state index in [9.17, 15) is 0 Å². The third-order valence-corrected chi connectivity index (χ3v) is 6.10. The maximum Gasteiger partial charge on any atom is 0.159 e. The van der Waals surface area contributed by atoms with Gasteiger partial charge in [-0.25, -0.2) is 4.98 Å². The summed E-state index contributed by atoms with van der Waals surface area (Å²) in [6.45, 7) is 6.23. The van der Waals surface area contributed by atoms with Gasteiger partial charge in [-0.2, -0.15) is 5.10 Å². The molecule has 5 heterocycles. The summed E-state index contributed by atoms with van der Waals surface area (Å²) in [5, 5.41) is 12.0. The van der Waals surface area contributed by atoms with Crippen molar-refractivity contribution in [2.75, 3.05) is 5.32 Å². The summed E-state index contributed by atoms with van der Waals surface area (Å²) in [4.78, 5) is 21.4. The van der Waals surface area contributed by atoms with E-state index >= 15 is 0 Å². The van der Waals surface area contributed by atoms with Crippen molar-refractivity contribution in [1.29, 1.82) is 0 Å². The van der Waals surface area contributed by atoms with E-state index in [0.29, 0.717) is 5.82 Å². The van der Waals surface area contributed by atoms with Crippen LogP contribution in [-0.4, -0.2) is 35.1 Å². The van der Waals surface area contributed by atoms with Gasteiger partial charge in [0.05, 0.1) is 29.1 Å². The van der Waals surface area contributed by atoms with E-state index in [-0.39, 0.29) is 0 Å². The SMILES string of the molecule is C=C(CCC)Nc1cncc(-c2ccc3[nH]nc(-c4nc5c(-c6cccnc6)cncc5[nH]4)c3c2)c1. The number of aromatic amines is 2. The Kier molecular flexibility index (Phi) is 5.46. The van der Waals surface area contributed by atoms with Crippen molar-refractivity contribution in [2.24, 2.45) is 0 Å². The summed E-state index contributed by atoms with van der Waals surface area (Å²) in [5.74, 6) is 0.677. The van der Waals surface area contributed by atoms with Crippen LogP contribution in [0.25, 0.3) is 55.7 Å². The number of fused-ring (bicyclic) bond motifs is 2. The average molecular weight is 473 g/mol. The molecule has 1 aromatic carbocycles. The second-order valence-corrected chi connectivity index (χ2v) is 8.68. The molecule has 0 atom stereocenters. The lowest BCUT2D eigenvalue weighted by atomic mass is 10.0. The van der Waals surface area contributed by atoms with Gasteiger partial charge in [0.15, 0.2) is 5.82 Å². The number of pyridine rings is 3. The van der Waals surface area contributed by atoms with Gasteiger partial charge in [-0.1, -0.05) is 32.1 Å². The quantitative estimate of drug-likeness (QED) is 0.250. The summed E-state index contributed by atoms with van der Waals surface area (Å²) < 4.78 is 0. The summed E-state index contributed by atoms with van der Waals surface area (Å²) in [6.07, 6.45) is 12.8. The molecule has 0 spiro atoms. The van der Waals surface area contributed by atoms with Crippen LogP contribution in [0.2, 0.25) is 0 Å². The van der Waals surface area contributed by atoms with Gasteiger partial charge in [0, 0.05) is 52.6 Å². The number of H-pyrrole nitrogens is 2. The lowest BCUT2D eigenvalue weighted by Gasteiger charge is -2.10. The van der Waals surface area contributed by atoms with E-state index in [2.05, 4.69) is 67.2 Å². The number of anilines is 1. The maximum atomic E-state index is 4.91.